The van der Waals surface area contributed by atoms with Gasteiger partial charge in [0, 0.05) is 18.8 Å². The largest absolute Gasteiger partial charge is 0.464 e. The monoisotopic (exact) mass is 342 g/mol. The third-order valence-corrected chi connectivity index (χ3v) is 6.05. The molecule has 1 aliphatic heterocycles. The number of nitrogens with one attached hydrogen (secondary N) is 1. The first kappa shape index (κ1) is 17.8. The number of likely N-dealkylation sites (tertiary alicyclic amines) is 1. The molecule has 7 heteroatoms. The zero-order chi connectivity index (χ0) is 17.0. The van der Waals surface area contributed by atoms with Crippen molar-refractivity contribution in [3.8, 4) is 0 Å². The number of carbonyl (C=O) groups is 1. The van der Waals surface area contributed by atoms with Gasteiger partial charge in [-0.3, -0.25) is 0 Å². The van der Waals surface area contributed by atoms with Crippen molar-refractivity contribution >= 4 is 15.9 Å². The van der Waals surface area contributed by atoms with E-state index in [2.05, 4.69) is 12.2 Å². The fourth-order valence-corrected chi connectivity index (χ4v) is 3.55. The molecule has 2 atom stereocenters. The summed E-state index contributed by atoms with van der Waals surface area (Å²) < 4.78 is 28.7. The van der Waals surface area contributed by atoms with Gasteiger partial charge in [0.2, 0.25) is 0 Å². The van der Waals surface area contributed by atoms with E-state index in [9.17, 15) is 13.2 Å². The zero-order valence-electron chi connectivity index (χ0n) is 14.0. The quantitative estimate of drug-likeness (QED) is 0.891. The van der Waals surface area contributed by atoms with E-state index >= 15 is 0 Å². The van der Waals surface area contributed by atoms with Gasteiger partial charge >= 0.3 is 6.03 Å². The average molecular weight is 342 g/mol. The van der Waals surface area contributed by atoms with Gasteiger partial charge in [0.15, 0.2) is 9.84 Å². The van der Waals surface area contributed by atoms with Gasteiger partial charge in [-0.2, -0.15) is 0 Å². The predicted molar refractivity (Wildman–Crippen MR) is 89.0 cm³/mol. The van der Waals surface area contributed by atoms with Gasteiger partial charge in [-0.05, 0) is 37.8 Å². The van der Waals surface area contributed by atoms with Crippen LogP contribution in [0.2, 0.25) is 0 Å². The SMILES string of the molecule is CCS(=O)(=O)CCNC(=O)N1CC[C@H](C)C[C@H]1c1ccc(C)o1. The van der Waals surface area contributed by atoms with E-state index in [1.165, 1.54) is 0 Å². The minimum absolute atomic E-state index is 0.0238. The normalized spacial score (nSPS) is 22.1. The maximum absolute atomic E-state index is 12.4. The fourth-order valence-electron chi connectivity index (χ4n) is 2.85. The van der Waals surface area contributed by atoms with Gasteiger partial charge in [-0.25, -0.2) is 13.2 Å². The molecule has 1 N–H and O–H groups in total. The average Bonchev–Trinajstić information content (AvgIpc) is 2.93. The number of sulfone groups is 1. The second-order valence-electron chi connectivity index (χ2n) is 6.26. The number of piperidine rings is 1. The van der Waals surface area contributed by atoms with Crippen molar-refractivity contribution in [2.45, 2.75) is 39.7 Å². The van der Waals surface area contributed by atoms with Crippen LogP contribution in [0, 0.1) is 12.8 Å². The van der Waals surface area contributed by atoms with Gasteiger partial charge in [0.05, 0.1) is 11.8 Å². The lowest BCUT2D eigenvalue weighted by atomic mass is 9.91. The van der Waals surface area contributed by atoms with Gasteiger partial charge < -0.3 is 14.6 Å². The van der Waals surface area contributed by atoms with Gasteiger partial charge in [0.1, 0.15) is 11.5 Å². The standard InChI is InChI=1S/C16H26N2O4S/c1-4-23(20,21)10-8-17-16(19)18-9-7-12(2)11-14(18)15-6-5-13(3)22-15/h5-6,12,14H,4,7-11H2,1-3H3,(H,17,19)/t12-,14-/m0/s1. The first-order valence-electron chi connectivity index (χ1n) is 8.13. The predicted octanol–water partition coefficient (Wildman–Crippen LogP) is 2.51. The number of rotatable bonds is 5. The lowest BCUT2D eigenvalue weighted by Crippen LogP contribution is -2.47. The highest BCUT2D eigenvalue weighted by Gasteiger charge is 2.32. The van der Waals surface area contributed by atoms with Crippen LogP contribution in [0.3, 0.4) is 0 Å². The molecule has 1 aromatic heterocycles. The number of aryl methyl sites for hydroxylation is 1. The van der Waals surface area contributed by atoms with Crippen molar-refractivity contribution in [3.05, 3.63) is 23.7 Å². The van der Waals surface area contributed by atoms with E-state index in [0.717, 1.165) is 24.4 Å². The summed E-state index contributed by atoms with van der Waals surface area (Å²) >= 11 is 0. The molecule has 2 amide bonds. The summed E-state index contributed by atoms with van der Waals surface area (Å²) in [6.07, 6.45) is 1.80. The molecule has 0 aliphatic carbocycles. The number of amides is 2. The van der Waals surface area contributed by atoms with Crippen LogP contribution in [0.15, 0.2) is 16.5 Å². The molecular weight excluding hydrogens is 316 g/mol. The first-order valence-corrected chi connectivity index (χ1v) is 9.95. The van der Waals surface area contributed by atoms with Gasteiger partial charge in [-0.15, -0.1) is 0 Å². The van der Waals surface area contributed by atoms with E-state index in [4.69, 9.17) is 4.42 Å². The van der Waals surface area contributed by atoms with Crippen molar-refractivity contribution < 1.29 is 17.6 Å². The molecule has 23 heavy (non-hydrogen) atoms. The Balaban J connectivity index is 2.01. The van der Waals surface area contributed by atoms with Crippen LogP contribution in [-0.2, 0) is 9.84 Å². The van der Waals surface area contributed by atoms with Crippen molar-refractivity contribution in [2.75, 3.05) is 24.6 Å². The molecule has 1 fully saturated rings. The Morgan fingerprint density at radius 1 is 1.43 bits per heavy atom. The summed E-state index contributed by atoms with van der Waals surface area (Å²) in [6, 6.07) is 3.51. The van der Waals surface area contributed by atoms with Crippen molar-refractivity contribution in [2.24, 2.45) is 5.92 Å². The molecule has 0 bridgehead atoms. The van der Waals surface area contributed by atoms with Crippen molar-refractivity contribution in [3.63, 3.8) is 0 Å². The molecule has 0 saturated carbocycles. The highest BCUT2D eigenvalue weighted by atomic mass is 32.2. The summed E-state index contributed by atoms with van der Waals surface area (Å²) in [4.78, 5) is 14.2. The highest BCUT2D eigenvalue weighted by molar-refractivity contribution is 7.91. The Morgan fingerprint density at radius 2 is 2.17 bits per heavy atom. The number of furan rings is 1. The summed E-state index contributed by atoms with van der Waals surface area (Å²) in [5.41, 5.74) is 0. The van der Waals surface area contributed by atoms with Gasteiger partial charge in [-0.1, -0.05) is 13.8 Å². The lowest BCUT2D eigenvalue weighted by molar-refractivity contribution is 0.119. The summed E-state index contributed by atoms with van der Waals surface area (Å²) in [6.45, 7) is 6.46. The Kier molecular flexibility index (Phi) is 5.73. The van der Waals surface area contributed by atoms with Crippen LogP contribution in [0.4, 0.5) is 4.79 Å². The highest BCUT2D eigenvalue weighted by Crippen LogP contribution is 2.34. The van der Waals surface area contributed by atoms with Crippen LogP contribution in [0.25, 0.3) is 0 Å². The van der Waals surface area contributed by atoms with E-state index < -0.39 is 9.84 Å². The van der Waals surface area contributed by atoms with Crippen LogP contribution >= 0.6 is 0 Å². The molecule has 0 radical (unpaired) electrons. The maximum Gasteiger partial charge on any atom is 0.318 e. The van der Waals surface area contributed by atoms with Crippen molar-refractivity contribution in [1.82, 2.24) is 10.2 Å². The Labute approximate surface area is 138 Å². The molecule has 2 heterocycles. The number of nitrogens with zero attached hydrogens (tertiary/aromatic N) is 1. The van der Waals surface area contributed by atoms with E-state index in [-0.39, 0.29) is 30.1 Å². The summed E-state index contributed by atoms with van der Waals surface area (Å²) in [7, 11) is -3.07. The van der Waals surface area contributed by atoms with Crippen LogP contribution < -0.4 is 5.32 Å². The summed E-state index contributed by atoms with van der Waals surface area (Å²) in [5.74, 6) is 2.22. The third-order valence-electron chi connectivity index (χ3n) is 4.34. The zero-order valence-corrected chi connectivity index (χ0v) is 14.9. The Morgan fingerprint density at radius 3 is 2.78 bits per heavy atom. The number of urea groups is 1. The molecule has 2 rings (SSSR count). The molecule has 130 valence electrons. The molecule has 0 spiro atoms. The molecule has 1 saturated heterocycles. The van der Waals surface area contributed by atoms with Crippen LogP contribution in [0.5, 0.6) is 0 Å². The molecule has 6 nitrogen and oxygen atoms in total. The third kappa shape index (κ3) is 4.73. The van der Waals surface area contributed by atoms with Crippen molar-refractivity contribution in [1.29, 1.82) is 0 Å². The second-order valence-corrected chi connectivity index (χ2v) is 8.73. The first-order chi connectivity index (χ1) is 10.8. The van der Waals surface area contributed by atoms with E-state index in [1.807, 2.05) is 19.1 Å². The minimum atomic E-state index is -3.07. The van der Waals surface area contributed by atoms with Crippen LogP contribution in [0.1, 0.15) is 44.3 Å². The van der Waals surface area contributed by atoms with Gasteiger partial charge in [0.25, 0.3) is 0 Å². The Bertz CT molecular complexity index is 638. The topological polar surface area (TPSA) is 79.6 Å². The molecule has 0 aromatic carbocycles. The minimum Gasteiger partial charge on any atom is -0.464 e. The molecule has 0 unspecified atom stereocenters. The van der Waals surface area contributed by atoms with E-state index in [0.29, 0.717) is 12.5 Å². The smallest absolute Gasteiger partial charge is 0.318 e. The Hall–Kier alpha value is -1.50. The fraction of sp³-hybridized carbons (Fsp3) is 0.688. The second kappa shape index (κ2) is 7.38. The number of carbonyl (C=O) groups excluding carboxylic acids is 1. The number of hydrogen-bond acceptors (Lipinski definition) is 4. The molecule has 1 aromatic rings. The lowest BCUT2D eigenvalue weighted by Gasteiger charge is -2.37. The summed E-state index contributed by atoms with van der Waals surface area (Å²) in [5, 5.41) is 2.73. The van der Waals surface area contributed by atoms with Crippen LogP contribution in [-0.4, -0.2) is 43.9 Å². The maximum atomic E-state index is 12.4. The molecule has 1 aliphatic rings. The number of hydrogen-bond donors (Lipinski definition) is 1. The van der Waals surface area contributed by atoms with E-state index in [1.54, 1.807) is 11.8 Å². The molecular formula is C16H26N2O4S.